The number of rotatable bonds is 61. The van der Waals surface area contributed by atoms with Crippen LogP contribution in [0, 0.1) is 11.8 Å². The van der Waals surface area contributed by atoms with Crippen LogP contribution in [0.5, 0.6) is 0 Å². The van der Waals surface area contributed by atoms with E-state index in [0.29, 0.717) is 19.3 Å². The Hall–Kier alpha value is -1.59. The van der Waals surface area contributed by atoms with Crippen molar-refractivity contribution in [3.8, 4) is 0 Å². The van der Waals surface area contributed by atoms with Crippen LogP contribution < -0.4 is 0 Å². The zero-order valence-electron chi connectivity index (χ0n) is 50.3. The van der Waals surface area contributed by atoms with Crippen LogP contribution in [-0.2, 0) is 28.6 Å². The molecule has 0 aliphatic heterocycles. The molecule has 0 bridgehead atoms. The molecule has 0 aliphatic rings. The van der Waals surface area contributed by atoms with Gasteiger partial charge in [0, 0.05) is 19.3 Å². The van der Waals surface area contributed by atoms with Crippen LogP contribution in [-0.4, -0.2) is 37.2 Å². The van der Waals surface area contributed by atoms with Crippen molar-refractivity contribution >= 4 is 17.9 Å². The Kier molecular flexibility index (Phi) is 58.4. The van der Waals surface area contributed by atoms with Crippen molar-refractivity contribution in [3.63, 3.8) is 0 Å². The first-order valence-corrected chi connectivity index (χ1v) is 33.3. The van der Waals surface area contributed by atoms with Gasteiger partial charge in [-0.3, -0.25) is 14.4 Å². The number of carbonyl (C=O) groups is 3. The average Bonchev–Trinajstić information content (AvgIpc) is 3.38. The molecule has 73 heavy (non-hydrogen) atoms. The highest BCUT2D eigenvalue weighted by atomic mass is 16.6. The normalized spacial score (nSPS) is 12.4. The molecule has 434 valence electrons. The minimum Gasteiger partial charge on any atom is -0.462 e. The smallest absolute Gasteiger partial charge is 0.306 e. The minimum absolute atomic E-state index is 0.0616. The van der Waals surface area contributed by atoms with Gasteiger partial charge in [0.25, 0.3) is 0 Å². The zero-order valence-corrected chi connectivity index (χ0v) is 50.3. The van der Waals surface area contributed by atoms with E-state index in [2.05, 4.69) is 34.6 Å². The van der Waals surface area contributed by atoms with Crippen molar-refractivity contribution in [1.82, 2.24) is 0 Å². The van der Waals surface area contributed by atoms with Crippen LogP contribution in [0.1, 0.15) is 381 Å². The Morgan fingerprint density at radius 2 is 0.521 bits per heavy atom. The summed E-state index contributed by atoms with van der Waals surface area (Å²) in [6.07, 6.45) is 66.7. The van der Waals surface area contributed by atoms with Crippen LogP contribution >= 0.6 is 0 Å². The summed E-state index contributed by atoms with van der Waals surface area (Å²) >= 11 is 0. The van der Waals surface area contributed by atoms with Gasteiger partial charge in [0.1, 0.15) is 13.2 Å². The molecule has 0 saturated carbocycles. The summed E-state index contributed by atoms with van der Waals surface area (Å²) in [7, 11) is 0. The fourth-order valence-corrected chi connectivity index (χ4v) is 10.4. The quantitative estimate of drug-likeness (QED) is 0.0343. The third-order valence-corrected chi connectivity index (χ3v) is 15.8. The third-order valence-electron chi connectivity index (χ3n) is 15.8. The summed E-state index contributed by atoms with van der Waals surface area (Å²) in [6.45, 7) is 11.5. The van der Waals surface area contributed by atoms with Crippen LogP contribution in [0.25, 0.3) is 0 Å². The first-order valence-electron chi connectivity index (χ1n) is 33.3. The van der Waals surface area contributed by atoms with Crippen LogP contribution in [0.15, 0.2) is 0 Å². The molecule has 0 N–H and O–H groups in total. The predicted octanol–water partition coefficient (Wildman–Crippen LogP) is 22.4. The number of esters is 3. The highest BCUT2D eigenvalue weighted by molar-refractivity contribution is 5.71. The molecule has 0 aromatic heterocycles. The van der Waals surface area contributed by atoms with Gasteiger partial charge in [0.2, 0.25) is 0 Å². The largest absolute Gasteiger partial charge is 0.462 e. The third kappa shape index (κ3) is 59.5. The van der Waals surface area contributed by atoms with Crippen molar-refractivity contribution in [2.75, 3.05) is 13.2 Å². The molecule has 2 atom stereocenters. The van der Waals surface area contributed by atoms with Gasteiger partial charge in [-0.2, -0.15) is 0 Å². The number of carbonyl (C=O) groups excluding carboxylic acids is 3. The van der Waals surface area contributed by atoms with Gasteiger partial charge in [-0.05, 0) is 31.1 Å². The van der Waals surface area contributed by atoms with E-state index in [1.54, 1.807) is 0 Å². The highest BCUT2D eigenvalue weighted by Crippen LogP contribution is 2.20. The average molecular weight is 1030 g/mol. The second kappa shape index (κ2) is 59.7. The van der Waals surface area contributed by atoms with Gasteiger partial charge in [-0.15, -0.1) is 0 Å². The second-order valence-electron chi connectivity index (χ2n) is 23.8. The van der Waals surface area contributed by atoms with Crippen molar-refractivity contribution in [1.29, 1.82) is 0 Å². The zero-order chi connectivity index (χ0) is 53.2. The maximum absolute atomic E-state index is 12.9. The summed E-state index contributed by atoms with van der Waals surface area (Å²) in [4.78, 5) is 38.4. The summed E-state index contributed by atoms with van der Waals surface area (Å²) in [5.41, 5.74) is 0. The fraction of sp³-hybridized carbons (Fsp3) is 0.955. The van der Waals surface area contributed by atoms with Gasteiger partial charge in [-0.25, -0.2) is 0 Å². The molecule has 0 aromatic rings. The Labute approximate surface area is 457 Å². The standard InChI is InChI=1S/C67H130O6/c1-6-8-9-10-11-12-13-14-15-16-17-22-29-34-39-44-49-54-59-67(70)73-64(61-72-66(69)58-53-48-43-38-33-28-24-23-26-31-36-41-46-51-56-63(5)7-2)60-71-65(68)57-52-47-42-37-32-27-21-19-18-20-25-30-35-40-45-50-55-62(3)4/h62-64H,6-61H2,1-5H3/t63?,64-/m1/s1. The molecular weight excluding hydrogens is 901 g/mol. The van der Waals surface area contributed by atoms with E-state index in [-0.39, 0.29) is 31.1 Å². The van der Waals surface area contributed by atoms with Crippen molar-refractivity contribution in [2.45, 2.75) is 387 Å². The molecule has 0 spiro atoms. The van der Waals surface area contributed by atoms with Crippen LogP contribution in [0.4, 0.5) is 0 Å². The summed E-state index contributed by atoms with van der Waals surface area (Å²) in [5.74, 6) is 0.921. The fourth-order valence-electron chi connectivity index (χ4n) is 10.4. The Morgan fingerprint density at radius 3 is 0.781 bits per heavy atom. The molecule has 0 heterocycles. The SMILES string of the molecule is CCCCCCCCCCCCCCCCCCCCC(=O)O[C@H](COC(=O)CCCCCCCCCCCCCCCCCCC(C)C)COC(=O)CCCCCCCCCCCCCCCCC(C)CC. The highest BCUT2D eigenvalue weighted by Gasteiger charge is 2.19. The van der Waals surface area contributed by atoms with Gasteiger partial charge in [0.05, 0.1) is 0 Å². The lowest BCUT2D eigenvalue weighted by molar-refractivity contribution is -0.167. The Bertz CT molecular complexity index is 1120. The van der Waals surface area contributed by atoms with E-state index < -0.39 is 6.10 Å². The van der Waals surface area contributed by atoms with E-state index in [0.717, 1.165) is 69.6 Å². The maximum Gasteiger partial charge on any atom is 0.306 e. The number of hydrogen-bond acceptors (Lipinski definition) is 6. The Morgan fingerprint density at radius 1 is 0.288 bits per heavy atom. The number of hydrogen-bond donors (Lipinski definition) is 0. The molecule has 6 heteroatoms. The first-order chi connectivity index (χ1) is 35.8. The minimum atomic E-state index is -0.764. The predicted molar refractivity (Wildman–Crippen MR) is 316 cm³/mol. The van der Waals surface area contributed by atoms with Crippen LogP contribution in [0.2, 0.25) is 0 Å². The maximum atomic E-state index is 12.9. The Balaban J connectivity index is 4.29. The van der Waals surface area contributed by atoms with Crippen molar-refractivity contribution < 1.29 is 28.6 Å². The number of unbranched alkanes of at least 4 members (excludes halogenated alkanes) is 45. The molecular formula is C67H130O6. The molecule has 0 fully saturated rings. The summed E-state index contributed by atoms with van der Waals surface area (Å²) in [5, 5.41) is 0. The topological polar surface area (TPSA) is 78.9 Å². The number of ether oxygens (including phenoxy) is 3. The van der Waals surface area contributed by atoms with E-state index in [1.807, 2.05) is 0 Å². The molecule has 0 aromatic carbocycles. The first kappa shape index (κ1) is 71.4. The molecule has 0 aliphatic carbocycles. The van der Waals surface area contributed by atoms with Crippen molar-refractivity contribution in [3.05, 3.63) is 0 Å². The van der Waals surface area contributed by atoms with Crippen molar-refractivity contribution in [2.24, 2.45) is 11.8 Å². The second-order valence-corrected chi connectivity index (χ2v) is 23.8. The molecule has 0 saturated heterocycles. The molecule has 0 radical (unpaired) electrons. The summed E-state index contributed by atoms with van der Waals surface area (Å²) in [6, 6.07) is 0. The molecule has 0 rings (SSSR count). The van der Waals surface area contributed by atoms with Gasteiger partial charge >= 0.3 is 17.9 Å². The lowest BCUT2D eigenvalue weighted by Crippen LogP contribution is -2.30. The van der Waals surface area contributed by atoms with E-state index >= 15 is 0 Å². The van der Waals surface area contributed by atoms with Gasteiger partial charge in [0.15, 0.2) is 6.10 Å². The van der Waals surface area contributed by atoms with Crippen LogP contribution in [0.3, 0.4) is 0 Å². The molecule has 1 unspecified atom stereocenters. The monoisotopic (exact) mass is 1030 g/mol. The van der Waals surface area contributed by atoms with E-state index in [1.165, 1.54) is 270 Å². The van der Waals surface area contributed by atoms with Gasteiger partial charge < -0.3 is 14.2 Å². The summed E-state index contributed by atoms with van der Waals surface area (Å²) < 4.78 is 17.0. The van der Waals surface area contributed by atoms with Gasteiger partial charge in [-0.1, -0.05) is 343 Å². The molecule has 0 amide bonds. The van der Waals surface area contributed by atoms with E-state index in [4.69, 9.17) is 14.2 Å². The lowest BCUT2D eigenvalue weighted by atomic mass is 9.99. The molecule has 6 nitrogen and oxygen atoms in total. The lowest BCUT2D eigenvalue weighted by Gasteiger charge is -2.18. The van der Waals surface area contributed by atoms with E-state index in [9.17, 15) is 14.4 Å².